The molecule has 0 aliphatic rings. The topological polar surface area (TPSA) is 75.1 Å². The number of pyridine rings is 2. The van der Waals surface area contributed by atoms with Gasteiger partial charge in [-0.05, 0) is 44.0 Å². The van der Waals surface area contributed by atoms with Crippen LogP contribution >= 0.6 is 0 Å². The zero-order chi connectivity index (χ0) is 14.4. The molecule has 0 aliphatic heterocycles. The Morgan fingerprint density at radius 2 is 2.00 bits per heavy atom. The molecule has 0 aromatic carbocycles. The van der Waals surface area contributed by atoms with Crippen LogP contribution in [-0.4, -0.2) is 27.6 Å². The van der Waals surface area contributed by atoms with Crippen LogP contribution in [0.5, 0.6) is 0 Å². The Hall–Kier alpha value is -2.43. The van der Waals surface area contributed by atoms with E-state index in [4.69, 9.17) is 5.11 Å². The van der Waals surface area contributed by atoms with Crippen LogP contribution < -0.4 is 5.32 Å². The molecule has 2 rings (SSSR count). The lowest BCUT2D eigenvalue weighted by Gasteiger charge is -2.06. The smallest absolute Gasteiger partial charge is 0.354 e. The maximum atomic E-state index is 10.8. The van der Waals surface area contributed by atoms with Crippen LogP contribution in [0.15, 0.2) is 36.4 Å². The molecule has 0 bridgehead atoms. The van der Waals surface area contributed by atoms with E-state index in [-0.39, 0.29) is 5.69 Å². The molecule has 0 amide bonds. The van der Waals surface area contributed by atoms with Gasteiger partial charge in [0.15, 0.2) is 5.69 Å². The molecule has 0 atom stereocenters. The van der Waals surface area contributed by atoms with Crippen LogP contribution in [0, 0.1) is 6.92 Å². The molecule has 2 heterocycles. The number of aryl methyl sites for hydroxylation is 2. The fraction of sp³-hybridized carbons (Fsp3) is 0.267. The van der Waals surface area contributed by atoms with Crippen molar-refractivity contribution < 1.29 is 9.90 Å². The molecular weight excluding hydrogens is 254 g/mol. The summed E-state index contributed by atoms with van der Waals surface area (Å²) >= 11 is 0. The van der Waals surface area contributed by atoms with Crippen molar-refractivity contribution >= 4 is 11.8 Å². The van der Waals surface area contributed by atoms with Gasteiger partial charge in [0.25, 0.3) is 0 Å². The van der Waals surface area contributed by atoms with E-state index < -0.39 is 5.97 Å². The van der Waals surface area contributed by atoms with E-state index in [1.54, 1.807) is 12.1 Å². The summed E-state index contributed by atoms with van der Waals surface area (Å²) in [6, 6.07) is 10.9. The minimum atomic E-state index is -1.02. The van der Waals surface area contributed by atoms with E-state index in [1.165, 1.54) is 6.07 Å². The zero-order valence-corrected chi connectivity index (χ0v) is 11.3. The minimum Gasteiger partial charge on any atom is -0.477 e. The van der Waals surface area contributed by atoms with Crippen molar-refractivity contribution in [2.45, 2.75) is 19.8 Å². The van der Waals surface area contributed by atoms with Crippen molar-refractivity contribution in [1.29, 1.82) is 0 Å². The van der Waals surface area contributed by atoms with E-state index in [0.29, 0.717) is 5.82 Å². The zero-order valence-electron chi connectivity index (χ0n) is 11.3. The molecule has 0 spiro atoms. The Morgan fingerprint density at radius 1 is 1.20 bits per heavy atom. The molecule has 0 fully saturated rings. The van der Waals surface area contributed by atoms with Gasteiger partial charge in [-0.2, -0.15) is 0 Å². The van der Waals surface area contributed by atoms with Crippen LogP contribution in [0.1, 0.15) is 28.3 Å². The predicted molar refractivity (Wildman–Crippen MR) is 77.0 cm³/mol. The fourth-order valence-corrected chi connectivity index (χ4v) is 1.88. The third-order valence-electron chi connectivity index (χ3n) is 2.83. The van der Waals surface area contributed by atoms with E-state index in [9.17, 15) is 4.79 Å². The van der Waals surface area contributed by atoms with E-state index >= 15 is 0 Å². The molecule has 2 aromatic heterocycles. The first-order valence-corrected chi connectivity index (χ1v) is 6.52. The van der Waals surface area contributed by atoms with E-state index in [2.05, 4.69) is 15.3 Å². The van der Waals surface area contributed by atoms with Crippen molar-refractivity contribution in [3.63, 3.8) is 0 Å². The molecule has 0 saturated heterocycles. The summed E-state index contributed by atoms with van der Waals surface area (Å²) in [5.74, 6) is -0.431. The standard InChI is InChI=1S/C15H17N3O2/c1-11-5-2-6-12(17-11)7-4-10-16-14-9-3-8-13(18-14)15(19)20/h2-3,5-6,8-9H,4,7,10H2,1H3,(H,16,18)(H,19,20). The largest absolute Gasteiger partial charge is 0.477 e. The number of nitrogens with zero attached hydrogens (tertiary/aromatic N) is 2. The van der Waals surface area contributed by atoms with Crippen molar-refractivity contribution in [3.05, 3.63) is 53.5 Å². The van der Waals surface area contributed by atoms with Crippen molar-refractivity contribution in [2.24, 2.45) is 0 Å². The van der Waals surface area contributed by atoms with Crippen LogP contribution in [0.25, 0.3) is 0 Å². The molecule has 0 saturated carbocycles. The molecule has 2 N–H and O–H groups in total. The molecule has 5 nitrogen and oxygen atoms in total. The van der Waals surface area contributed by atoms with Crippen LogP contribution in [0.2, 0.25) is 0 Å². The number of rotatable bonds is 6. The number of hydrogen-bond acceptors (Lipinski definition) is 4. The van der Waals surface area contributed by atoms with Crippen molar-refractivity contribution in [2.75, 3.05) is 11.9 Å². The predicted octanol–water partition coefficient (Wildman–Crippen LogP) is 2.53. The van der Waals surface area contributed by atoms with Crippen molar-refractivity contribution in [3.8, 4) is 0 Å². The summed E-state index contributed by atoms with van der Waals surface area (Å²) in [5, 5.41) is 12.0. The first-order valence-electron chi connectivity index (χ1n) is 6.52. The number of carbonyl (C=O) groups is 1. The SMILES string of the molecule is Cc1cccc(CCCNc2cccc(C(=O)O)n2)n1. The van der Waals surface area contributed by atoms with Gasteiger partial charge in [-0.25, -0.2) is 9.78 Å². The van der Waals surface area contributed by atoms with E-state index in [1.807, 2.05) is 25.1 Å². The number of hydrogen-bond donors (Lipinski definition) is 2. The van der Waals surface area contributed by atoms with Crippen molar-refractivity contribution in [1.82, 2.24) is 9.97 Å². The molecule has 0 radical (unpaired) electrons. The fourth-order valence-electron chi connectivity index (χ4n) is 1.88. The Morgan fingerprint density at radius 3 is 2.75 bits per heavy atom. The first kappa shape index (κ1) is 14.0. The van der Waals surface area contributed by atoms with Gasteiger partial charge < -0.3 is 10.4 Å². The number of aromatic carboxylic acids is 1. The highest BCUT2D eigenvalue weighted by atomic mass is 16.4. The molecule has 5 heteroatoms. The summed E-state index contributed by atoms with van der Waals surface area (Å²) in [4.78, 5) is 19.2. The summed E-state index contributed by atoms with van der Waals surface area (Å²) in [5.41, 5.74) is 2.14. The molecule has 0 aliphatic carbocycles. The minimum absolute atomic E-state index is 0.0513. The third-order valence-corrected chi connectivity index (χ3v) is 2.83. The number of anilines is 1. The van der Waals surface area contributed by atoms with Gasteiger partial charge in [-0.15, -0.1) is 0 Å². The Kier molecular flexibility index (Phi) is 4.65. The molecular formula is C15H17N3O2. The molecule has 20 heavy (non-hydrogen) atoms. The van der Waals surface area contributed by atoms with Gasteiger partial charge in [-0.1, -0.05) is 12.1 Å². The average Bonchev–Trinajstić information content (AvgIpc) is 2.44. The van der Waals surface area contributed by atoms with Gasteiger partial charge in [-0.3, -0.25) is 4.98 Å². The second-order valence-corrected chi connectivity index (χ2v) is 4.51. The molecule has 2 aromatic rings. The second-order valence-electron chi connectivity index (χ2n) is 4.51. The Labute approximate surface area is 117 Å². The maximum absolute atomic E-state index is 10.8. The maximum Gasteiger partial charge on any atom is 0.354 e. The van der Waals surface area contributed by atoms with E-state index in [0.717, 1.165) is 30.8 Å². The quantitative estimate of drug-likeness (QED) is 0.790. The lowest BCUT2D eigenvalue weighted by Crippen LogP contribution is -2.08. The van der Waals surface area contributed by atoms with Gasteiger partial charge in [0.1, 0.15) is 5.82 Å². The monoisotopic (exact) mass is 271 g/mol. The first-order chi connectivity index (χ1) is 9.65. The van der Waals surface area contributed by atoms with Crippen LogP contribution in [-0.2, 0) is 6.42 Å². The number of carboxylic acid groups (broad SMARTS) is 1. The highest BCUT2D eigenvalue weighted by Crippen LogP contribution is 2.06. The van der Waals surface area contributed by atoms with Gasteiger partial charge in [0.2, 0.25) is 0 Å². The highest BCUT2D eigenvalue weighted by Gasteiger charge is 2.04. The molecule has 104 valence electrons. The number of aromatic nitrogens is 2. The van der Waals surface area contributed by atoms with Gasteiger partial charge >= 0.3 is 5.97 Å². The summed E-state index contributed by atoms with van der Waals surface area (Å²) in [7, 11) is 0. The van der Waals surface area contributed by atoms with Crippen LogP contribution in [0.3, 0.4) is 0 Å². The van der Waals surface area contributed by atoms with Gasteiger partial charge in [0, 0.05) is 17.9 Å². The highest BCUT2D eigenvalue weighted by molar-refractivity contribution is 5.85. The lowest BCUT2D eigenvalue weighted by molar-refractivity contribution is 0.0690. The normalized spacial score (nSPS) is 10.2. The average molecular weight is 271 g/mol. The second kappa shape index (κ2) is 6.65. The molecule has 0 unspecified atom stereocenters. The Bertz CT molecular complexity index is 599. The Balaban J connectivity index is 1.81. The summed E-state index contributed by atoms with van der Waals surface area (Å²) < 4.78 is 0. The number of nitrogens with one attached hydrogen (secondary N) is 1. The van der Waals surface area contributed by atoms with Gasteiger partial charge in [0.05, 0.1) is 0 Å². The summed E-state index contributed by atoms with van der Waals surface area (Å²) in [6.45, 7) is 2.70. The summed E-state index contributed by atoms with van der Waals surface area (Å²) in [6.07, 6.45) is 1.79. The lowest BCUT2D eigenvalue weighted by atomic mass is 10.2. The third kappa shape index (κ3) is 4.05. The van der Waals surface area contributed by atoms with Crippen LogP contribution in [0.4, 0.5) is 5.82 Å². The number of carboxylic acids is 1.